The number of nitrogens with zero attached hydrogens (tertiary/aromatic N) is 2. The number of amides is 1. The molecule has 26 heavy (non-hydrogen) atoms. The number of guanidine groups is 1. The Balaban J connectivity index is 1.84. The van der Waals surface area contributed by atoms with Gasteiger partial charge in [0.1, 0.15) is 0 Å². The molecule has 7 heteroatoms. The lowest BCUT2D eigenvalue weighted by atomic mass is 9.85. The van der Waals surface area contributed by atoms with Gasteiger partial charge in [-0.25, -0.2) is 4.79 Å². The van der Waals surface area contributed by atoms with Gasteiger partial charge in [0.25, 0.3) is 0 Å². The molecule has 1 fully saturated rings. The molecule has 2 rings (SSSR count). The average molecular weight is 425 g/mol. The van der Waals surface area contributed by atoms with Crippen molar-refractivity contribution in [1.82, 2.24) is 10.2 Å². The van der Waals surface area contributed by atoms with E-state index < -0.39 is 0 Å². The van der Waals surface area contributed by atoms with Crippen LogP contribution < -0.4 is 11.1 Å². The van der Waals surface area contributed by atoms with E-state index in [4.69, 9.17) is 10.5 Å². The van der Waals surface area contributed by atoms with Gasteiger partial charge in [0.05, 0.1) is 13.2 Å². The summed E-state index contributed by atoms with van der Waals surface area (Å²) in [6.07, 6.45) is 1.44. The molecule has 1 aliphatic heterocycles. The van der Waals surface area contributed by atoms with E-state index >= 15 is 0 Å². The standard InChI is InChI=1S/C19H29BrN4O2/c1-4-26-18(25)24-10-8-16(9-11-24)23-17(21)22-13-19(2,3)14-6-5-7-15(20)12-14/h5-7,12,16H,4,8-11,13H2,1-3H3,(H3,21,22,23). The molecule has 1 aliphatic rings. The van der Waals surface area contributed by atoms with Gasteiger partial charge < -0.3 is 20.7 Å². The lowest BCUT2D eigenvalue weighted by Gasteiger charge is -2.32. The van der Waals surface area contributed by atoms with E-state index in [1.807, 2.05) is 19.1 Å². The highest BCUT2D eigenvalue weighted by molar-refractivity contribution is 9.10. The van der Waals surface area contributed by atoms with Crippen molar-refractivity contribution in [1.29, 1.82) is 0 Å². The maximum absolute atomic E-state index is 11.7. The zero-order valence-electron chi connectivity index (χ0n) is 15.8. The molecule has 3 N–H and O–H groups in total. The molecule has 0 bridgehead atoms. The van der Waals surface area contributed by atoms with Crippen LogP contribution in [0.2, 0.25) is 0 Å². The van der Waals surface area contributed by atoms with E-state index in [-0.39, 0.29) is 17.6 Å². The quantitative estimate of drug-likeness (QED) is 0.561. The van der Waals surface area contributed by atoms with Gasteiger partial charge in [-0.15, -0.1) is 0 Å². The van der Waals surface area contributed by atoms with Crippen LogP contribution in [0.25, 0.3) is 0 Å². The highest BCUT2D eigenvalue weighted by Gasteiger charge is 2.24. The number of nitrogens with one attached hydrogen (secondary N) is 1. The minimum absolute atomic E-state index is 0.108. The molecule has 0 atom stereocenters. The van der Waals surface area contributed by atoms with Gasteiger partial charge in [0.2, 0.25) is 0 Å². The summed E-state index contributed by atoms with van der Waals surface area (Å²) >= 11 is 3.52. The maximum atomic E-state index is 11.7. The molecule has 0 spiro atoms. The van der Waals surface area contributed by atoms with Crippen molar-refractivity contribution in [3.05, 3.63) is 34.3 Å². The van der Waals surface area contributed by atoms with Crippen molar-refractivity contribution in [2.45, 2.75) is 45.1 Å². The fourth-order valence-corrected chi connectivity index (χ4v) is 3.36. The fourth-order valence-electron chi connectivity index (χ4n) is 2.96. The van der Waals surface area contributed by atoms with Gasteiger partial charge in [-0.2, -0.15) is 0 Å². The van der Waals surface area contributed by atoms with E-state index in [2.05, 4.69) is 52.2 Å². The van der Waals surface area contributed by atoms with Crippen LogP contribution in [0.15, 0.2) is 33.7 Å². The van der Waals surface area contributed by atoms with Crippen LogP contribution in [0.3, 0.4) is 0 Å². The summed E-state index contributed by atoms with van der Waals surface area (Å²) in [6.45, 7) is 8.49. The third-order valence-electron chi connectivity index (χ3n) is 4.62. The molecule has 1 aromatic rings. The van der Waals surface area contributed by atoms with Crippen LogP contribution in [0, 0.1) is 0 Å². The van der Waals surface area contributed by atoms with Crippen molar-refractivity contribution < 1.29 is 9.53 Å². The first-order valence-electron chi connectivity index (χ1n) is 9.06. The second-order valence-electron chi connectivity index (χ2n) is 7.20. The van der Waals surface area contributed by atoms with Gasteiger partial charge in [-0.05, 0) is 37.5 Å². The molecule has 6 nitrogen and oxygen atoms in total. The third kappa shape index (κ3) is 5.90. The van der Waals surface area contributed by atoms with Crippen LogP contribution in [0.5, 0.6) is 0 Å². The fraction of sp³-hybridized carbons (Fsp3) is 0.579. The summed E-state index contributed by atoms with van der Waals surface area (Å²) in [5.74, 6) is 0.461. The SMILES string of the molecule is CCOC(=O)N1CCC(NC(N)=NCC(C)(C)c2cccc(Br)c2)CC1. The van der Waals surface area contributed by atoms with Gasteiger partial charge >= 0.3 is 6.09 Å². The van der Waals surface area contributed by atoms with Crippen molar-refractivity contribution in [3.8, 4) is 0 Å². The number of nitrogens with two attached hydrogens (primary N) is 1. The number of carbonyl (C=O) groups is 1. The lowest BCUT2D eigenvalue weighted by Crippen LogP contribution is -2.48. The first-order chi connectivity index (χ1) is 12.3. The van der Waals surface area contributed by atoms with E-state index in [1.54, 1.807) is 4.90 Å². The van der Waals surface area contributed by atoms with E-state index in [9.17, 15) is 4.79 Å². The first-order valence-corrected chi connectivity index (χ1v) is 9.85. The Hall–Kier alpha value is -1.76. The molecule has 0 radical (unpaired) electrons. The Morgan fingerprint density at radius 3 is 2.73 bits per heavy atom. The van der Waals surface area contributed by atoms with Gasteiger partial charge in [0.15, 0.2) is 5.96 Å². The highest BCUT2D eigenvalue weighted by Crippen LogP contribution is 2.26. The number of rotatable bonds is 5. The van der Waals surface area contributed by atoms with Crippen LogP contribution in [-0.4, -0.2) is 49.2 Å². The Bertz CT molecular complexity index is 640. The van der Waals surface area contributed by atoms with E-state index in [1.165, 1.54) is 5.56 Å². The maximum Gasteiger partial charge on any atom is 0.409 e. The monoisotopic (exact) mass is 424 g/mol. The zero-order chi connectivity index (χ0) is 19.2. The zero-order valence-corrected chi connectivity index (χ0v) is 17.4. The lowest BCUT2D eigenvalue weighted by molar-refractivity contribution is 0.0963. The minimum Gasteiger partial charge on any atom is -0.450 e. The van der Waals surface area contributed by atoms with Crippen LogP contribution >= 0.6 is 15.9 Å². The highest BCUT2D eigenvalue weighted by atomic mass is 79.9. The van der Waals surface area contributed by atoms with Gasteiger partial charge in [-0.3, -0.25) is 4.99 Å². The predicted molar refractivity (Wildman–Crippen MR) is 108 cm³/mol. The molecule has 0 aliphatic carbocycles. The van der Waals surface area contributed by atoms with Crippen molar-refractivity contribution in [2.24, 2.45) is 10.7 Å². The molecule has 1 amide bonds. The summed E-state index contributed by atoms with van der Waals surface area (Å²) in [5.41, 5.74) is 7.19. The molecule has 0 saturated carbocycles. The Labute approximate surface area is 164 Å². The van der Waals surface area contributed by atoms with Crippen molar-refractivity contribution in [3.63, 3.8) is 0 Å². The summed E-state index contributed by atoms with van der Waals surface area (Å²) in [7, 11) is 0. The molecule has 0 unspecified atom stereocenters. The molecule has 1 saturated heterocycles. The second-order valence-corrected chi connectivity index (χ2v) is 8.12. The Morgan fingerprint density at radius 2 is 2.12 bits per heavy atom. The molecule has 1 aromatic carbocycles. The summed E-state index contributed by atoms with van der Waals surface area (Å²) in [4.78, 5) is 18.0. The minimum atomic E-state index is -0.233. The second kappa shape index (κ2) is 9.26. The number of ether oxygens (including phenoxy) is 1. The Morgan fingerprint density at radius 1 is 1.42 bits per heavy atom. The molecular formula is C19H29BrN4O2. The predicted octanol–water partition coefficient (Wildman–Crippen LogP) is 3.25. The third-order valence-corrected chi connectivity index (χ3v) is 5.12. The largest absolute Gasteiger partial charge is 0.450 e. The van der Waals surface area contributed by atoms with E-state index in [0.717, 1.165) is 17.3 Å². The van der Waals surface area contributed by atoms with Crippen molar-refractivity contribution >= 4 is 28.0 Å². The number of likely N-dealkylation sites (tertiary alicyclic amines) is 1. The normalized spacial score (nSPS) is 16.5. The molecular weight excluding hydrogens is 396 g/mol. The van der Waals surface area contributed by atoms with Gasteiger partial charge in [0, 0.05) is 29.0 Å². The summed E-state index contributed by atoms with van der Waals surface area (Å²) < 4.78 is 6.10. The smallest absolute Gasteiger partial charge is 0.409 e. The van der Waals surface area contributed by atoms with Crippen LogP contribution in [-0.2, 0) is 10.2 Å². The van der Waals surface area contributed by atoms with Crippen molar-refractivity contribution in [2.75, 3.05) is 26.2 Å². The van der Waals surface area contributed by atoms with Crippen LogP contribution in [0.1, 0.15) is 39.2 Å². The number of halogens is 1. The number of hydrogen-bond donors (Lipinski definition) is 2. The molecule has 144 valence electrons. The number of hydrogen-bond acceptors (Lipinski definition) is 3. The summed E-state index contributed by atoms with van der Waals surface area (Å²) in [5, 5.41) is 3.29. The number of benzene rings is 1. The average Bonchev–Trinajstić information content (AvgIpc) is 2.61. The Kier molecular flexibility index (Phi) is 7.32. The topological polar surface area (TPSA) is 80.0 Å². The van der Waals surface area contributed by atoms with Crippen LogP contribution in [0.4, 0.5) is 4.79 Å². The molecule has 0 aromatic heterocycles. The first kappa shape index (κ1) is 20.6. The summed E-state index contributed by atoms with van der Waals surface area (Å²) in [6, 6.07) is 8.50. The number of aliphatic imine (C=N–C) groups is 1. The van der Waals surface area contributed by atoms with E-state index in [0.29, 0.717) is 32.2 Å². The number of piperidine rings is 1. The number of carbonyl (C=O) groups excluding carboxylic acids is 1. The van der Waals surface area contributed by atoms with Gasteiger partial charge in [-0.1, -0.05) is 41.9 Å². The molecule has 1 heterocycles.